The zero-order chi connectivity index (χ0) is 28.1. The van der Waals surface area contributed by atoms with Crippen molar-refractivity contribution in [3.63, 3.8) is 0 Å². The molecule has 3 amide bonds. The van der Waals surface area contributed by atoms with Crippen LogP contribution in [0, 0.1) is 0 Å². The number of rotatable bonds is 15. The fourth-order valence-electron chi connectivity index (χ4n) is 3.54. The Bertz CT molecular complexity index is 1100. The predicted molar refractivity (Wildman–Crippen MR) is 142 cm³/mol. The van der Waals surface area contributed by atoms with Crippen molar-refractivity contribution in [3.8, 4) is 0 Å². The first-order chi connectivity index (χ1) is 18.1. The highest BCUT2D eigenvalue weighted by atomic mass is 32.1. The number of hydrogen-bond donors (Lipinski definition) is 7. The lowest BCUT2D eigenvalue weighted by Gasteiger charge is -2.25. The standard InChI is InChI=1S/C26H32N4O7S/c27-18(11-12-22(31)32)23(33)30-21(15-38)25(35)28-19(13-16-7-3-1-4-8-16)24(34)29-20(26(36)37)14-17-9-5-2-6-10-17/h1-10,18-21,38H,11-15,27H2,(H,28,35)(H,29,34)(H,30,33)(H,31,32)(H,36,37). The molecule has 0 spiro atoms. The van der Waals surface area contributed by atoms with E-state index in [9.17, 15) is 29.1 Å². The maximum absolute atomic E-state index is 13.2. The van der Waals surface area contributed by atoms with Crippen LogP contribution in [0.2, 0.25) is 0 Å². The molecule has 11 nitrogen and oxygen atoms in total. The lowest BCUT2D eigenvalue weighted by molar-refractivity contribution is -0.142. The smallest absolute Gasteiger partial charge is 0.326 e. The third-order valence-corrected chi connectivity index (χ3v) is 6.00. The van der Waals surface area contributed by atoms with Crippen LogP contribution in [0.3, 0.4) is 0 Å². The van der Waals surface area contributed by atoms with Crippen molar-refractivity contribution in [2.24, 2.45) is 5.73 Å². The highest BCUT2D eigenvalue weighted by Crippen LogP contribution is 2.08. The van der Waals surface area contributed by atoms with Crippen LogP contribution in [0.15, 0.2) is 60.7 Å². The van der Waals surface area contributed by atoms with E-state index in [0.717, 1.165) is 0 Å². The Kier molecular flexibility index (Phi) is 12.3. The van der Waals surface area contributed by atoms with Crippen molar-refractivity contribution < 1.29 is 34.2 Å². The van der Waals surface area contributed by atoms with E-state index in [1.165, 1.54) is 0 Å². The van der Waals surface area contributed by atoms with Gasteiger partial charge in [-0.05, 0) is 17.5 Å². The second-order valence-corrected chi connectivity index (χ2v) is 8.99. The number of thiol groups is 1. The van der Waals surface area contributed by atoms with E-state index in [1.54, 1.807) is 60.7 Å². The van der Waals surface area contributed by atoms with Gasteiger partial charge in [0, 0.05) is 25.0 Å². The summed E-state index contributed by atoms with van der Waals surface area (Å²) in [5.41, 5.74) is 7.14. The van der Waals surface area contributed by atoms with Gasteiger partial charge in [0.25, 0.3) is 0 Å². The maximum atomic E-state index is 13.2. The normalized spacial score (nSPS) is 13.8. The van der Waals surface area contributed by atoms with Crippen molar-refractivity contribution in [3.05, 3.63) is 71.8 Å². The van der Waals surface area contributed by atoms with Gasteiger partial charge >= 0.3 is 11.9 Å². The molecule has 204 valence electrons. The van der Waals surface area contributed by atoms with Crippen LogP contribution in [0.4, 0.5) is 0 Å². The third kappa shape index (κ3) is 10.2. The van der Waals surface area contributed by atoms with Gasteiger partial charge in [-0.3, -0.25) is 19.2 Å². The molecule has 2 aromatic carbocycles. The number of carbonyl (C=O) groups is 5. The number of aliphatic carboxylic acids is 2. The number of amides is 3. The van der Waals surface area contributed by atoms with E-state index in [2.05, 4.69) is 28.6 Å². The molecule has 7 N–H and O–H groups in total. The van der Waals surface area contributed by atoms with Crippen LogP contribution in [-0.2, 0) is 36.8 Å². The lowest BCUT2D eigenvalue weighted by atomic mass is 10.0. The van der Waals surface area contributed by atoms with Crippen molar-refractivity contribution in [1.29, 1.82) is 0 Å². The molecule has 4 atom stereocenters. The zero-order valence-electron chi connectivity index (χ0n) is 20.6. The first kappa shape index (κ1) is 30.3. The van der Waals surface area contributed by atoms with Crippen molar-refractivity contribution in [1.82, 2.24) is 16.0 Å². The molecule has 0 saturated carbocycles. The van der Waals surface area contributed by atoms with Gasteiger partial charge in [-0.25, -0.2) is 4.79 Å². The first-order valence-corrected chi connectivity index (χ1v) is 12.5. The molecule has 0 fully saturated rings. The number of carbonyl (C=O) groups excluding carboxylic acids is 3. The van der Waals surface area contributed by atoms with Gasteiger partial charge in [-0.1, -0.05) is 60.7 Å². The Morgan fingerprint density at radius 2 is 1.16 bits per heavy atom. The molecule has 0 aliphatic heterocycles. The van der Waals surface area contributed by atoms with E-state index in [1.807, 2.05) is 0 Å². The number of nitrogens with two attached hydrogens (primary N) is 1. The van der Waals surface area contributed by atoms with E-state index in [-0.39, 0.29) is 31.4 Å². The van der Waals surface area contributed by atoms with Crippen LogP contribution in [0.25, 0.3) is 0 Å². The Balaban J connectivity index is 2.15. The average Bonchev–Trinajstić information content (AvgIpc) is 2.90. The van der Waals surface area contributed by atoms with Gasteiger partial charge in [0.05, 0.1) is 6.04 Å². The highest BCUT2D eigenvalue weighted by molar-refractivity contribution is 7.80. The number of carboxylic acids is 2. The average molecular weight is 545 g/mol. The molecule has 0 aliphatic carbocycles. The molecule has 38 heavy (non-hydrogen) atoms. The Labute approximate surface area is 225 Å². The quantitative estimate of drug-likeness (QED) is 0.154. The second kappa shape index (κ2) is 15.4. The largest absolute Gasteiger partial charge is 0.481 e. The molecule has 0 bridgehead atoms. The summed E-state index contributed by atoms with van der Waals surface area (Å²) in [5, 5.41) is 26.0. The minimum Gasteiger partial charge on any atom is -0.481 e. The second-order valence-electron chi connectivity index (χ2n) is 8.62. The van der Waals surface area contributed by atoms with Crippen LogP contribution >= 0.6 is 12.6 Å². The summed E-state index contributed by atoms with van der Waals surface area (Å²) in [5.74, 6) is -4.66. The van der Waals surface area contributed by atoms with Crippen LogP contribution in [0.1, 0.15) is 24.0 Å². The minimum absolute atomic E-state index is 0.0392. The maximum Gasteiger partial charge on any atom is 0.326 e. The zero-order valence-corrected chi connectivity index (χ0v) is 21.5. The number of nitrogens with one attached hydrogen (secondary N) is 3. The number of benzene rings is 2. The van der Waals surface area contributed by atoms with E-state index >= 15 is 0 Å². The van der Waals surface area contributed by atoms with Gasteiger partial charge in [0.2, 0.25) is 17.7 Å². The number of carboxylic acid groups (broad SMARTS) is 2. The van der Waals surface area contributed by atoms with Gasteiger partial charge in [0.15, 0.2) is 0 Å². The number of hydrogen-bond acceptors (Lipinski definition) is 7. The SMILES string of the molecule is NC(CCC(=O)O)C(=O)NC(CS)C(=O)NC(Cc1ccccc1)C(=O)NC(Cc1ccccc1)C(=O)O. The molecule has 0 heterocycles. The summed E-state index contributed by atoms with van der Waals surface area (Å²) in [7, 11) is 0. The van der Waals surface area contributed by atoms with Crippen molar-refractivity contribution in [2.75, 3.05) is 5.75 Å². The Morgan fingerprint density at radius 1 is 0.711 bits per heavy atom. The molecule has 0 aromatic heterocycles. The van der Waals surface area contributed by atoms with E-state index in [4.69, 9.17) is 10.8 Å². The fourth-order valence-corrected chi connectivity index (χ4v) is 3.79. The summed E-state index contributed by atoms with van der Waals surface area (Å²) in [4.78, 5) is 61.2. The third-order valence-electron chi connectivity index (χ3n) is 5.63. The summed E-state index contributed by atoms with van der Waals surface area (Å²) in [6.45, 7) is 0. The summed E-state index contributed by atoms with van der Waals surface area (Å²) in [6, 6.07) is 12.9. The van der Waals surface area contributed by atoms with Crippen LogP contribution < -0.4 is 21.7 Å². The van der Waals surface area contributed by atoms with Gasteiger partial charge in [0.1, 0.15) is 18.1 Å². The van der Waals surface area contributed by atoms with Gasteiger partial charge in [-0.2, -0.15) is 12.6 Å². The molecule has 0 saturated heterocycles. The van der Waals surface area contributed by atoms with Gasteiger partial charge in [-0.15, -0.1) is 0 Å². The van der Waals surface area contributed by atoms with Crippen LogP contribution in [-0.4, -0.2) is 69.8 Å². The topological polar surface area (TPSA) is 188 Å². The van der Waals surface area contributed by atoms with Gasteiger partial charge < -0.3 is 31.9 Å². The Morgan fingerprint density at radius 3 is 1.63 bits per heavy atom. The minimum atomic E-state index is -1.24. The molecule has 2 aromatic rings. The molecule has 2 rings (SSSR count). The fraction of sp³-hybridized carbons (Fsp3) is 0.346. The molecule has 0 aliphatic rings. The Hall–Kier alpha value is -3.90. The lowest BCUT2D eigenvalue weighted by Crippen LogP contribution is -2.58. The monoisotopic (exact) mass is 544 g/mol. The van der Waals surface area contributed by atoms with Crippen LogP contribution in [0.5, 0.6) is 0 Å². The van der Waals surface area contributed by atoms with Crippen molar-refractivity contribution in [2.45, 2.75) is 49.9 Å². The van der Waals surface area contributed by atoms with E-state index in [0.29, 0.717) is 11.1 Å². The molecule has 12 heteroatoms. The predicted octanol–water partition coefficient (Wildman–Crippen LogP) is 0.133. The molecule has 0 radical (unpaired) electrons. The summed E-state index contributed by atoms with van der Waals surface area (Å²) >= 11 is 4.11. The van der Waals surface area contributed by atoms with Crippen molar-refractivity contribution >= 4 is 42.3 Å². The molecule has 4 unspecified atom stereocenters. The summed E-state index contributed by atoms with van der Waals surface area (Å²) in [6.07, 6.45) is -0.350. The molecular weight excluding hydrogens is 512 g/mol. The first-order valence-electron chi connectivity index (χ1n) is 11.9. The summed E-state index contributed by atoms with van der Waals surface area (Å²) < 4.78 is 0. The molecular formula is C26H32N4O7S. The van der Waals surface area contributed by atoms with E-state index < -0.39 is 53.8 Å². The highest BCUT2D eigenvalue weighted by Gasteiger charge is 2.30.